The van der Waals surface area contributed by atoms with Crippen LogP contribution >= 0.6 is 20.6 Å². The van der Waals surface area contributed by atoms with Gasteiger partial charge in [-0.25, -0.2) is 0 Å². The van der Waals surface area contributed by atoms with Crippen molar-refractivity contribution in [2.75, 3.05) is 11.4 Å². The molecule has 0 aliphatic carbocycles. The van der Waals surface area contributed by atoms with E-state index in [9.17, 15) is 18.3 Å². The Morgan fingerprint density at radius 3 is 2.14 bits per heavy atom. The molecule has 0 spiro atoms. The average molecular weight is 558 g/mol. The highest BCUT2D eigenvalue weighted by atomic mass is 32.1. The monoisotopic (exact) mass is 557 g/mol. The van der Waals surface area contributed by atoms with E-state index in [1.165, 1.54) is 20.9 Å². The van der Waals surface area contributed by atoms with Crippen molar-refractivity contribution in [3.8, 4) is 5.75 Å². The minimum absolute atomic E-state index is 0.0311. The Bertz CT molecular complexity index is 967. The molecular formula is C29H43F3NO2PS. The van der Waals surface area contributed by atoms with Crippen molar-refractivity contribution in [3.63, 3.8) is 0 Å². The van der Waals surface area contributed by atoms with E-state index >= 15 is 0 Å². The van der Waals surface area contributed by atoms with E-state index < -0.39 is 6.68 Å². The smallest absolute Gasteiger partial charge is 0.379 e. The van der Waals surface area contributed by atoms with Crippen LogP contribution in [0.2, 0.25) is 0 Å². The zero-order chi connectivity index (χ0) is 29.1. The second-order valence-electron chi connectivity index (χ2n) is 7.56. The molecule has 0 fully saturated rings. The van der Waals surface area contributed by atoms with Crippen molar-refractivity contribution >= 4 is 26.3 Å². The fourth-order valence-corrected chi connectivity index (χ4v) is 4.40. The van der Waals surface area contributed by atoms with Crippen LogP contribution < -0.4 is 9.64 Å². The number of fused-ring (bicyclic) bond motifs is 1. The van der Waals surface area contributed by atoms with Gasteiger partial charge in [0.25, 0.3) is 0 Å². The second-order valence-corrected chi connectivity index (χ2v) is 9.32. The van der Waals surface area contributed by atoms with Crippen LogP contribution in [0, 0.1) is 13.8 Å². The molecule has 1 aliphatic rings. The summed E-state index contributed by atoms with van der Waals surface area (Å²) >= 11 is 1.80. The molecule has 2 aromatic rings. The third-order valence-corrected chi connectivity index (χ3v) is 5.82. The van der Waals surface area contributed by atoms with E-state index in [1.807, 2.05) is 31.7 Å². The van der Waals surface area contributed by atoms with Crippen LogP contribution in [0.3, 0.4) is 0 Å². The van der Waals surface area contributed by atoms with Gasteiger partial charge in [0.15, 0.2) is 0 Å². The molecule has 0 saturated heterocycles. The molecule has 37 heavy (non-hydrogen) atoms. The van der Waals surface area contributed by atoms with Gasteiger partial charge in [-0.2, -0.15) is 13.2 Å². The fraction of sp³-hybridized carbons (Fsp3) is 0.379. The standard InChI is InChI=1S/C21H25NO2S.C3H6.C2H5P.C2H6.CHF3/c1-13-10-16(4)25-21(13)17(5)24-19-8-9-20-18(11-19)7-6-14(2)22(20)12-15(3)23;1-3-2;1-2-3;1-2;2-1(3)4/h8-11,17,23H,2-3,6-7,12H2,1,4-5H3;3H,1H2,2H3;2H,1,3H2;1-2H3;1H. The number of benzene rings is 1. The molecule has 2 unspecified atom stereocenters. The lowest BCUT2D eigenvalue weighted by molar-refractivity contribution is 0.00819. The fourth-order valence-electron chi connectivity index (χ4n) is 3.38. The number of hydrogen-bond donors (Lipinski definition) is 1. The third-order valence-electron chi connectivity index (χ3n) is 4.51. The summed E-state index contributed by atoms with van der Waals surface area (Å²) in [6, 6.07) is 8.37. The molecule has 0 radical (unpaired) electrons. The molecule has 1 aliphatic heterocycles. The Kier molecular flexibility index (Phi) is 20.4. The van der Waals surface area contributed by atoms with Crippen LogP contribution in [-0.4, -0.2) is 18.3 Å². The summed E-state index contributed by atoms with van der Waals surface area (Å²) in [5, 5.41) is 9.57. The van der Waals surface area contributed by atoms with Crippen LogP contribution in [0.15, 0.2) is 73.9 Å². The number of rotatable bonds is 5. The van der Waals surface area contributed by atoms with E-state index in [0.29, 0.717) is 6.54 Å². The van der Waals surface area contributed by atoms with Gasteiger partial charge >= 0.3 is 6.68 Å². The van der Waals surface area contributed by atoms with Crippen LogP contribution in [0.5, 0.6) is 5.75 Å². The molecule has 3 rings (SSSR count). The number of thiophene rings is 1. The summed E-state index contributed by atoms with van der Waals surface area (Å²) in [6.45, 7) is 23.4. The number of aliphatic hydroxyl groups excluding tert-OH is 1. The normalized spacial score (nSPS) is 12.0. The lowest BCUT2D eigenvalue weighted by Gasteiger charge is -2.33. The van der Waals surface area contributed by atoms with Crippen LogP contribution in [0.25, 0.3) is 0 Å². The van der Waals surface area contributed by atoms with Crippen LogP contribution in [0.4, 0.5) is 18.9 Å². The van der Waals surface area contributed by atoms with Crippen molar-refractivity contribution in [1.82, 2.24) is 0 Å². The minimum atomic E-state index is -3.67. The van der Waals surface area contributed by atoms with Crippen molar-refractivity contribution in [1.29, 1.82) is 0 Å². The summed E-state index contributed by atoms with van der Waals surface area (Å²) in [5.41, 5.74) is 4.60. The highest BCUT2D eigenvalue weighted by molar-refractivity contribution is 7.20. The molecule has 3 nitrogen and oxygen atoms in total. The quantitative estimate of drug-likeness (QED) is 0.226. The SMILES string of the molecule is C=C(O)CN1C(=C)CCc2cc(OC(C)c3sc(C)cc3C)ccc21.C=CC.C=CP.CC.FC(F)F. The number of allylic oxidation sites excluding steroid dienone is 2. The molecule has 1 aromatic heterocycles. The molecule has 1 aromatic carbocycles. The molecule has 0 amide bonds. The zero-order valence-electron chi connectivity index (χ0n) is 23.0. The first-order valence-electron chi connectivity index (χ1n) is 11.9. The van der Waals surface area contributed by atoms with Gasteiger partial charge in [-0.05, 0) is 75.9 Å². The summed E-state index contributed by atoms with van der Waals surface area (Å²) in [5.74, 6) is 2.69. The first kappa shape index (κ1) is 36.7. The maximum Gasteiger partial charge on any atom is 0.379 e. The molecule has 2 atom stereocenters. The molecule has 208 valence electrons. The average Bonchev–Trinajstić information content (AvgIpc) is 3.15. The first-order valence-corrected chi connectivity index (χ1v) is 13.4. The van der Waals surface area contributed by atoms with Gasteiger partial charge < -0.3 is 14.7 Å². The van der Waals surface area contributed by atoms with Gasteiger partial charge in [0.2, 0.25) is 0 Å². The van der Waals surface area contributed by atoms with Gasteiger partial charge in [0.1, 0.15) is 17.6 Å². The molecule has 1 N–H and O–H groups in total. The minimum Gasteiger partial charge on any atom is -0.511 e. The number of halogens is 3. The Balaban J connectivity index is 0. The van der Waals surface area contributed by atoms with Crippen molar-refractivity contribution < 1.29 is 23.0 Å². The van der Waals surface area contributed by atoms with Gasteiger partial charge in [-0.15, -0.1) is 27.2 Å². The molecule has 0 saturated carbocycles. The summed E-state index contributed by atoms with van der Waals surface area (Å²) in [7, 11) is 2.34. The third kappa shape index (κ3) is 14.7. The first-order chi connectivity index (χ1) is 17.4. The van der Waals surface area contributed by atoms with E-state index in [0.717, 1.165) is 30.0 Å². The second kappa shape index (κ2) is 20.5. The number of hydrogen-bond acceptors (Lipinski definition) is 4. The van der Waals surface area contributed by atoms with E-state index in [1.54, 1.807) is 23.2 Å². The molecular weight excluding hydrogens is 514 g/mol. The Morgan fingerprint density at radius 2 is 1.70 bits per heavy atom. The predicted octanol–water partition coefficient (Wildman–Crippen LogP) is 10.2. The van der Waals surface area contributed by atoms with Gasteiger partial charge in [0, 0.05) is 21.1 Å². The summed E-state index contributed by atoms with van der Waals surface area (Å²) < 4.78 is 35.2. The largest absolute Gasteiger partial charge is 0.511 e. The van der Waals surface area contributed by atoms with Crippen molar-refractivity contribution in [3.05, 3.63) is 94.8 Å². The van der Waals surface area contributed by atoms with Gasteiger partial charge in [-0.1, -0.05) is 45.5 Å². The van der Waals surface area contributed by atoms with E-state index in [-0.39, 0.29) is 11.9 Å². The molecule has 0 bridgehead atoms. The lowest BCUT2D eigenvalue weighted by atomic mass is 9.99. The number of alkyl halides is 3. The van der Waals surface area contributed by atoms with E-state index in [4.69, 9.17) is 4.74 Å². The topological polar surface area (TPSA) is 32.7 Å². The van der Waals surface area contributed by atoms with Crippen molar-refractivity contribution in [2.24, 2.45) is 0 Å². The van der Waals surface area contributed by atoms with Crippen LogP contribution in [-0.2, 0) is 6.42 Å². The van der Waals surface area contributed by atoms with Crippen LogP contribution in [0.1, 0.15) is 61.1 Å². The van der Waals surface area contributed by atoms with Gasteiger partial charge in [0.05, 0.1) is 6.54 Å². The maximum absolute atomic E-state index is 9.67. The summed E-state index contributed by atoms with van der Waals surface area (Å²) in [4.78, 5) is 4.62. The number of ether oxygens (including phenoxy) is 1. The Morgan fingerprint density at radius 1 is 1.19 bits per heavy atom. The number of nitrogens with zero attached hydrogens (tertiary/aromatic N) is 1. The van der Waals surface area contributed by atoms with Gasteiger partial charge in [-0.3, -0.25) is 0 Å². The maximum atomic E-state index is 9.67. The van der Waals surface area contributed by atoms with Crippen molar-refractivity contribution in [2.45, 2.75) is 67.2 Å². The molecule has 2 heterocycles. The van der Waals surface area contributed by atoms with E-state index in [2.05, 4.69) is 74.5 Å². The highest BCUT2D eigenvalue weighted by Crippen LogP contribution is 2.37. The summed E-state index contributed by atoms with van der Waals surface area (Å²) in [6.07, 6.45) is 3.59. The Hall–Kier alpha value is -2.50. The molecule has 8 heteroatoms. The highest BCUT2D eigenvalue weighted by Gasteiger charge is 2.22. The zero-order valence-corrected chi connectivity index (χ0v) is 25.0. The number of anilines is 1. The Labute approximate surface area is 228 Å². The number of aliphatic hydroxyl groups is 1. The number of aryl methyl sites for hydroxylation is 3. The predicted molar refractivity (Wildman–Crippen MR) is 160 cm³/mol. The lowest BCUT2D eigenvalue weighted by Crippen LogP contribution is -2.28.